The second-order valence-corrected chi connectivity index (χ2v) is 9.41. The molecule has 0 aliphatic rings. The lowest BCUT2D eigenvalue weighted by Gasteiger charge is -2.27. The summed E-state index contributed by atoms with van der Waals surface area (Å²) in [6.07, 6.45) is 0. The first kappa shape index (κ1) is 22.1. The lowest BCUT2D eigenvalue weighted by atomic mass is 9.97. The molecule has 0 unspecified atom stereocenters. The van der Waals surface area contributed by atoms with E-state index < -0.39 is 0 Å². The van der Waals surface area contributed by atoms with Crippen LogP contribution in [0, 0.1) is 0 Å². The minimum atomic E-state index is 0.882. The predicted molar refractivity (Wildman–Crippen MR) is 159 cm³/mol. The van der Waals surface area contributed by atoms with Gasteiger partial charge in [0.15, 0.2) is 0 Å². The van der Waals surface area contributed by atoms with E-state index >= 15 is 0 Å². The molecule has 6 aromatic carbocycles. The number of rotatable bonds is 5. The standard InChI is InChI=1S/C36H25NO/c1-2-14-29(15-3-1)37(34-19-10-13-26-11-4-6-17-32(26)34)30-23-21-27(22-24-30)31-16-7-8-18-33(31)36-25-28-12-5-9-20-35(28)38-36/h1-25H. The van der Waals surface area contributed by atoms with Crippen LogP contribution in [0.15, 0.2) is 156 Å². The average Bonchev–Trinajstić information content (AvgIpc) is 3.43. The maximum absolute atomic E-state index is 6.23. The van der Waals surface area contributed by atoms with Crippen molar-refractivity contribution in [2.45, 2.75) is 0 Å². The van der Waals surface area contributed by atoms with Gasteiger partial charge in [0.2, 0.25) is 0 Å². The summed E-state index contributed by atoms with van der Waals surface area (Å²) in [7, 11) is 0. The molecule has 7 rings (SSSR count). The Kier molecular flexibility index (Phi) is 5.49. The number of hydrogen-bond donors (Lipinski definition) is 0. The second-order valence-electron chi connectivity index (χ2n) is 9.41. The Hall–Kier alpha value is -5.08. The van der Waals surface area contributed by atoms with Gasteiger partial charge >= 0.3 is 0 Å². The van der Waals surface area contributed by atoms with Gasteiger partial charge in [-0.2, -0.15) is 0 Å². The zero-order chi connectivity index (χ0) is 25.3. The highest BCUT2D eigenvalue weighted by Crippen LogP contribution is 2.40. The molecule has 0 bridgehead atoms. The maximum atomic E-state index is 6.23. The van der Waals surface area contributed by atoms with Crippen molar-refractivity contribution >= 4 is 38.8 Å². The third kappa shape index (κ3) is 3.93. The van der Waals surface area contributed by atoms with Gasteiger partial charge in [-0.1, -0.05) is 109 Å². The van der Waals surface area contributed by atoms with E-state index in [0.717, 1.165) is 50.5 Å². The number of furan rings is 1. The van der Waals surface area contributed by atoms with Crippen LogP contribution in [-0.4, -0.2) is 0 Å². The Bertz CT molecular complexity index is 1830. The zero-order valence-corrected chi connectivity index (χ0v) is 20.8. The number of hydrogen-bond acceptors (Lipinski definition) is 2. The van der Waals surface area contributed by atoms with E-state index in [1.54, 1.807) is 0 Å². The van der Waals surface area contributed by atoms with Crippen LogP contribution in [0.5, 0.6) is 0 Å². The Morgan fingerprint density at radius 3 is 1.89 bits per heavy atom. The Morgan fingerprint density at radius 1 is 0.447 bits per heavy atom. The van der Waals surface area contributed by atoms with E-state index in [4.69, 9.17) is 4.42 Å². The third-order valence-corrected chi connectivity index (χ3v) is 7.08. The molecule has 0 amide bonds. The third-order valence-electron chi connectivity index (χ3n) is 7.08. The minimum Gasteiger partial charge on any atom is -0.456 e. The summed E-state index contributed by atoms with van der Waals surface area (Å²) in [5.74, 6) is 0.882. The average molecular weight is 488 g/mol. The molecule has 1 aromatic heterocycles. The van der Waals surface area contributed by atoms with Gasteiger partial charge in [-0.05, 0) is 59.0 Å². The van der Waals surface area contributed by atoms with Crippen molar-refractivity contribution in [2.75, 3.05) is 4.90 Å². The molecule has 2 nitrogen and oxygen atoms in total. The van der Waals surface area contributed by atoms with Crippen molar-refractivity contribution in [2.24, 2.45) is 0 Å². The normalized spacial score (nSPS) is 11.2. The van der Waals surface area contributed by atoms with Crippen molar-refractivity contribution in [1.82, 2.24) is 0 Å². The summed E-state index contributed by atoms with van der Waals surface area (Å²) >= 11 is 0. The van der Waals surface area contributed by atoms with E-state index in [-0.39, 0.29) is 0 Å². The minimum absolute atomic E-state index is 0.882. The van der Waals surface area contributed by atoms with Gasteiger partial charge in [0.05, 0.1) is 5.69 Å². The Morgan fingerprint density at radius 2 is 1.08 bits per heavy atom. The molecule has 0 aliphatic carbocycles. The van der Waals surface area contributed by atoms with Gasteiger partial charge < -0.3 is 9.32 Å². The maximum Gasteiger partial charge on any atom is 0.136 e. The fraction of sp³-hybridized carbons (Fsp3) is 0. The van der Waals surface area contributed by atoms with Crippen LogP contribution < -0.4 is 4.90 Å². The monoisotopic (exact) mass is 487 g/mol. The molecule has 7 aromatic rings. The second kappa shape index (κ2) is 9.42. The van der Waals surface area contributed by atoms with Gasteiger partial charge in [-0.25, -0.2) is 0 Å². The zero-order valence-electron chi connectivity index (χ0n) is 20.8. The largest absolute Gasteiger partial charge is 0.456 e. The molecule has 2 heteroatoms. The Labute approximate surface area is 222 Å². The van der Waals surface area contributed by atoms with Crippen LogP contribution in [0.25, 0.3) is 44.2 Å². The highest BCUT2D eigenvalue weighted by Gasteiger charge is 2.16. The predicted octanol–water partition coefficient (Wildman–Crippen LogP) is 10.4. The lowest BCUT2D eigenvalue weighted by molar-refractivity contribution is 0.632. The summed E-state index contributed by atoms with van der Waals surface area (Å²) in [6, 6.07) is 53.2. The van der Waals surface area contributed by atoms with E-state index in [2.05, 4.69) is 138 Å². The van der Waals surface area contributed by atoms with Crippen molar-refractivity contribution in [1.29, 1.82) is 0 Å². The molecule has 0 N–H and O–H groups in total. The van der Waals surface area contributed by atoms with Gasteiger partial charge in [0, 0.05) is 27.7 Å². The molecular formula is C36H25NO. The Balaban J connectivity index is 1.33. The fourth-order valence-corrected chi connectivity index (χ4v) is 5.26. The van der Waals surface area contributed by atoms with E-state index in [1.165, 1.54) is 10.8 Å². The van der Waals surface area contributed by atoms with Crippen LogP contribution in [0.2, 0.25) is 0 Å². The van der Waals surface area contributed by atoms with Crippen LogP contribution >= 0.6 is 0 Å². The molecule has 0 fully saturated rings. The van der Waals surface area contributed by atoms with Crippen LogP contribution in [0.1, 0.15) is 0 Å². The van der Waals surface area contributed by atoms with Crippen molar-refractivity contribution in [3.05, 3.63) is 152 Å². The summed E-state index contributed by atoms with van der Waals surface area (Å²) in [5, 5.41) is 3.56. The van der Waals surface area contributed by atoms with Gasteiger partial charge in [0.1, 0.15) is 11.3 Å². The summed E-state index contributed by atoms with van der Waals surface area (Å²) in [5.41, 5.74) is 7.68. The summed E-state index contributed by atoms with van der Waals surface area (Å²) < 4.78 is 6.23. The molecule has 0 aliphatic heterocycles. The van der Waals surface area contributed by atoms with Crippen LogP contribution in [0.4, 0.5) is 17.1 Å². The van der Waals surface area contributed by atoms with Gasteiger partial charge in [-0.15, -0.1) is 0 Å². The molecule has 0 radical (unpaired) electrons. The first-order valence-electron chi connectivity index (χ1n) is 12.9. The molecule has 0 spiro atoms. The molecule has 38 heavy (non-hydrogen) atoms. The van der Waals surface area contributed by atoms with Crippen molar-refractivity contribution < 1.29 is 4.42 Å². The lowest BCUT2D eigenvalue weighted by Crippen LogP contribution is -2.10. The number of para-hydroxylation sites is 2. The smallest absolute Gasteiger partial charge is 0.136 e. The first-order chi connectivity index (χ1) is 18.8. The molecule has 180 valence electrons. The summed E-state index contributed by atoms with van der Waals surface area (Å²) in [6.45, 7) is 0. The SMILES string of the molecule is c1ccc(N(c2ccc(-c3ccccc3-c3cc4ccccc4o3)cc2)c2cccc3ccccc23)cc1. The number of benzene rings is 6. The molecular weight excluding hydrogens is 462 g/mol. The van der Waals surface area contributed by atoms with E-state index in [0.29, 0.717) is 0 Å². The molecule has 0 saturated carbocycles. The number of anilines is 3. The first-order valence-corrected chi connectivity index (χ1v) is 12.9. The van der Waals surface area contributed by atoms with Crippen molar-refractivity contribution in [3.8, 4) is 22.5 Å². The quantitative estimate of drug-likeness (QED) is 0.240. The summed E-state index contributed by atoms with van der Waals surface area (Å²) in [4.78, 5) is 2.33. The van der Waals surface area contributed by atoms with Crippen LogP contribution in [0.3, 0.4) is 0 Å². The number of fused-ring (bicyclic) bond motifs is 2. The van der Waals surface area contributed by atoms with E-state index in [1.807, 2.05) is 18.2 Å². The number of nitrogens with zero attached hydrogens (tertiary/aromatic N) is 1. The van der Waals surface area contributed by atoms with E-state index in [9.17, 15) is 0 Å². The molecule has 0 saturated heterocycles. The highest BCUT2D eigenvalue weighted by atomic mass is 16.3. The molecule has 0 atom stereocenters. The molecule has 1 heterocycles. The topological polar surface area (TPSA) is 16.4 Å². The van der Waals surface area contributed by atoms with Gasteiger partial charge in [-0.3, -0.25) is 0 Å². The van der Waals surface area contributed by atoms with Crippen LogP contribution in [-0.2, 0) is 0 Å². The fourth-order valence-electron chi connectivity index (χ4n) is 5.26. The highest BCUT2D eigenvalue weighted by molar-refractivity contribution is 5.99. The van der Waals surface area contributed by atoms with Crippen molar-refractivity contribution in [3.63, 3.8) is 0 Å². The van der Waals surface area contributed by atoms with Gasteiger partial charge in [0.25, 0.3) is 0 Å².